The molecule has 54 heavy (non-hydrogen) atoms. The van der Waals surface area contributed by atoms with Gasteiger partial charge in [-0.15, -0.1) is 0 Å². The number of phosphoric acid groups is 1. The molecule has 4 N–H and O–H groups in total. The molecular weight excluding hydrogens is 709 g/mol. The number of carboxylic acids is 1. The molecule has 12 heteroatoms. The fraction of sp³-hybridized carbons (Fsp3) is 0.833. The molecule has 0 aromatic rings. The van der Waals surface area contributed by atoms with Crippen LogP contribution in [0.4, 0.5) is 0 Å². The summed E-state index contributed by atoms with van der Waals surface area (Å²) in [6, 6.07) is -1.54. The predicted octanol–water partition coefficient (Wildman–Crippen LogP) is 10.7. The molecule has 0 heterocycles. The van der Waals surface area contributed by atoms with Gasteiger partial charge in [0.1, 0.15) is 12.7 Å². The van der Waals surface area contributed by atoms with Crippen molar-refractivity contribution in [1.82, 2.24) is 5.32 Å². The minimum absolute atomic E-state index is 0.149. The molecule has 0 spiro atoms. The van der Waals surface area contributed by atoms with E-state index in [1.54, 1.807) is 0 Å². The highest BCUT2D eigenvalue weighted by molar-refractivity contribution is 7.47. The number of aliphatic hydroxyl groups is 1. The van der Waals surface area contributed by atoms with Crippen molar-refractivity contribution in [2.75, 3.05) is 19.8 Å². The monoisotopic (exact) mass is 788 g/mol. The summed E-state index contributed by atoms with van der Waals surface area (Å²) in [6.45, 7) is 2.52. The van der Waals surface area contributed by atoms with Gasteiger partial charge in [0.25, 0.3) is 0 Å². The Hall–Kier alpha value is -2.04. The van der Waals surface area contributed by atoms with Gasteiger partial charge in [0.15, 0.2) is 6.04 Å². The Labute approximate surface area is 328 Å². The molecule has 0 saturated heterocycles. The summed E-state index contributed by atoms with van der Waals surface area (Å²) >= 11 is 0. The number of aliphatic carboxylic acids is 1. The van der Waals surface area contributed by atoms with E-state index in [4.69, 9.17) is 13.8 Å². The molecule has 0 fully saturated rings. The molecule has 0 aromatic heterocycles. The summed E-state index contributed by atoms with van der Waals surface area (Å²) < 4.78 is 26.8. The van der Waals surface area contributed by atoms with E-state index >= 15 is 0 Å². The summed E-state index contributed by atoms with van der Waals surface area (Å²) in [7, 11) is -4.75. The van der Waals surface area contributed by atoms with Crippen molar-refractivity contribution in [1.29, 1.82) is 0 Å². The minimum Gasteiger partial charge on any atom is -0.480 e. The van der Waals surface area contributed by atoms with Gasteiger partial charge in [-0.3, -0.25) is 18.6 Å². The molecule has 316 valence electrons. The van der Waals surface area contributed by atoms with E-state index in [1.165, 1.54) is 89.9 Å². The summed E-state index contributed by atoms with van der Waals surface area (Å²) in [5.74, 6) is -2.38. The predicted molar refractivity (Wildman–Crippen MR) is 217 cm³/mol. The minimum atomic E-state index is -4.75. The number of ether oxygens (including phenoxy) is 1. The summed E-state index contributed by atoms with van der Waals surface area (Å²) in [5, 5.41) is 21.8. The number of rotatable bonds is 40. The number of carbonyl (C=O) groups excluding carboxylic acids is 2. The van der Waals surface area contributed by atoms with Gasteiger partial charge < -0.3 is 25.2 Å². The third kappa shape index (κ3) is 36.9. The molecule has 0 aliphatic heterocycles. The molecule has 0 rings (SSSR count). The van der Waals surface area contributed by atoms with E-state index in [0.717, 1.165) is 64.2 Å². The van der Waals surface area contributed by atoms with Crippen LogP contribution in [0.2, 0.25) is 0 Å². The number of esters is 1. The van der Waals surface area contributed by atoms with E-state index in [-0.39, 0.29) is 12.8 Å². The second-order valence-corrected chi connectivity index (χ2v) is 16.0. The maximum Gasteiger partial charge on any atom is 0.472 e. The molecule has 3 atom stereocenters. The molecule has 0 bridgehead atoms. The fourth-order valence-electron chi connectivity index (χ4n) is 5.88. The number of carbonyl (C=O) groups is 3. The summed E-state index contributed by atoms with van der Waals surface area (Å²) in [6.07, 6.45) is 37.7. The van der Waals surface area contributed by atoms with Crippen LogP contribution in [0.5, 0.6) is 0 Å². The van der Waals surface area contributed by atoms with Crippen molar-refractivity contribution in [2.45, 2.75) is 206 Å². The Bertz CT molecular complexity index is 1020. The van der Waals surface area contributed by atoms with E-state index in [2.05, 4.69) is 43.5 Å². The number of hydrogen-bond acceptors (Lipinski definition) is 8. The molecule has 1 amide bonds. The average molecular weight is 788 g/mol. The molecule has 11 nitrogen and oxygen atoms in total. The molecule has 0 aliphatic rings. The summed E-state index contributed by atoms with van der Waals surface area (Å²) in [4.78, 5) is 45.8. The summed E-state index contributed by atoms with van der Waals surface area (Å²) in [5.41, 5.74) is 0. The first kappa shape index (κ1) is 52.0. The number of aliphatic hydroxyl groups excluding tert-OH is 1. The van der Waals surface area contributed by atoms with Gasteiger partial charge in [-0.05, 0) is 38.5 Å². The van der Waals surface area contributed by atoms with E-state index in [9.17, 15) is 34.1 Å². The van der Waals surface area contributed by atoms with Crippen molar-refractivity contribution in [3.05, 3.63) is 24.3 Å². The normalized spacial score (nSPS) is 14.0. The maximum atomic E-state index is 12.3. The quantitative estimate of drug-likeness (QED) is 0.0203. The number of unbranched alkanes of at least 4 members (excludes halogenated alkanes) is 22. The van der Waals surface area contributed by atoms with Crippen LogP contribution in [0.15, 0.2) is 24.3 Å². The van der Waals surface area contributed by atoms with E-state index in [0.29, 0.717) is 12.8 Å². The lowest BCUT2D eigenvalue weighted by molar-refractivity contribution is -0.147. The van der Waals surface area contributed by atoms with Crippen molar-refractivity contribution in [2.24, 2.45) is 0 Å². The number of carboxylic acid groups (broad SMARTS) is 1. The second-order valence-electron chi connectivity index (χ2n) is 14.5. The van der Waals surface area contributed by atoms with Gasteiger partial charge in [-0.1, -0.05) is 167 Å². The Morgan fingerprint density at radius 1 is 0.593 bits per heavy atom. The van der Waals surface area contributed by atoms with Crippen LogP contribution < -0.4 is 5.32 Å². The first-order valence-corrected chi connectivity index (χ1v) is 22.9. The molecule has 3 unspecified atom stereocenters. The number of allylic oxidation sites excluding steroid dienone is 4. The van der Waals surface area contributed by atoms with Crippen LogP contribution in [0.1, 0.15) is 194 Å². The zero-order chi connectivity index (χ0) is 40.0. The van der Waals surface area contributed by atoms with Gasteiger partial charge in [-0.25, -0.2) is 9.36 Å². The van der Waals surface area contributed by atoms with Crippen LogP contribution >= 0.6 is 7.82 Å². The number of nitrogens with one attached hydrogen (secondary N) is 1. The van der Waals surface area contributed by atoms with Crippen LogP contribution in [0.25, 0.3) is 0 Å². The van der Waals surface area contributed by atoms with Gasteiger partial charge in [0.2, 0.25) is 5.91 Å². The maximum absolute atomic E-state index is 12.3. The van der Waals surface area contributed by atoms with Gasteiger partial charge >= 0.3 is 19.8 Å². The first-order chi connectivity index (χ1) is 26.1. The zero-order valence-corrected chi connectivity index (χ0v) is 34.9. The third-order valence-electron chi connectivity index (χ3n) is 9.22. The van der Waals surface area contributed by atoms with E-state index < -0.39 is 57.6 Å². The van der Waals surface area contributed by atoms with Gasteiger partial charge in [-0.2, -0.15) is 0 Å². The SMILES string of the molecule is CCC/C=C\C/C=C\CCCCCCCC(=O)OCC(O)COP(=O)(O)OCC(NC(=O)CCCCCCCCCCCCCCCCCCC)C(=O)O. The largest absolute Gasteiger partial charge is 0.480 e. The van der Waals surface area contributed by atoms with Crippen molar-refractivity contribution in [3.63, 3.8) is 0 Å². The lowest BCUT2D eigenvalue weighted by Gasteiger charge is -2.18. The highest BCUT2D eigenvalue weighted by Crippen LogP contribution is 2.43. The average Bonchev–Trinajstić information content (AvgIpc) is 3.14. The number of phosphoric ester groups is 1. The van der Waals surface area contributed by atoms with Crippen LogP contribution in [-0.2, 0) is 32.7 Å². The Balaban J connectivity index is 3.91. The van der Waals surface area contributed by atoms with Crippen LogP contribution in [0.3, 0.4) is 0 Å². The Morgan fingerprint density at radius 2 is 1.06 bits per heavy atom. The van der Waals surface area contributed by atoms with E-state index in [1.807, 2.05) is 0 Å². The zero-order valence-electron chi connectivity index (χ0n) is 34.0. The fourth-order valence-corrected chi connectivity index (χ4v) is 6.65. The smallest absolute Gasteiger partial charge is 0.472 e. The molecule has 0 aliphatic carbocycles. The standard InChI is InChI=1S/C42H78NO10P/c1-3-5-7-9-11-13-15-17-18-19-20-22-23-25-27-29-31-33-40(45)43-39(42(47)48)37-53-54(49,50)52-36-38(44)35-51-41(46)34-32-30-28-26-24-21-16-14-12-10-8-6-4-2/h8,10,14,16,38-39,44H,3-7,9,11-13,15,17-37H2,1-2H3,(H,43,45)(H,47,48)(H,49,50)/b10-8-,16-14-. The number of hydrogen-bond donors (Lipinski definition) is 4. The Morgan fingerprint density at radius 3 is 1.57 bits per heavy atom. The van der Waals surface area contributed by atoms with Crippen molar-refractivity contribution < 1.29 is 47.8 Å². The molecule has 0 saturated carbocycles. The lowest BCUT2D eigenvalue weighted by atomic mass is 10.0. The molecular formula is C42H78NO10P. The Kier molecular flexibility index (Phi) is 36.4. The first-order valence-electron chi connectivity index (χ1n) is 21.4. The second kappa shape index (κ2) is 37.9. The van der Waals surface area contributed by atoms with Crippen molar-refractivity contribution >= 4 is 25.7 Å². The topological polar surface area (TPSA) is 169 Å². The molecule has 0 radical (unpaired) electrons. The highest BCUT2D eigenvalue weighted by atomic mass is 31.2. The van der Waals surface area contributed by atoms with Crippen LogP contribution in [-0.4, -0.2) is 64.9 Å². The lowest BCUT2D eigenvalue weighted by Crippen LogP contribution is -2.43. The molecule has 0 aromatic carbocycles. The number of amides is 1. The van der Waals surface area contributed by atoms with Crippen LogP contribution in [0, 0.1) is 0 Å². The van der Waals surface area contributed by atoms with Gasteiger partial charge in [0.05, 0.1) is 13.2 Å². The van der Waals surface area contributed by atoms with Gasteiger partial charge in [0, 0.05) is 12.8 Å². The van der Waals surface area contributed by atoms with Crippen molar-refractivity contribution in [3.8, 4) is 0 Å². The third-order valence-corrected chi connectivity index (χ3v) is 10.2. The highest BCUT2D eigenvalue weighted by Gasteiger charge is 2.28.